The number of carboxylic acid groups (broad SMARTS) is 1. The van der Waals surface area contributed by atoms with Crippen LogP contribution in [-0.2, 0) is 0 Å². The van der Waals surface area contributed by atoms with Crippen LogP contribution in [0.1, 0.15) is 20.3 Å². The number of aliphatic hydroxyl groups is 1. The van der Waals surface area contributed by atoms with Gasteiger partial charge < -0.3 is 15.1 Å². The Hall–Kier alpha value is -0.770. The normalized spacial score (nSPS) is 13.1. The summed E-state index contributed by atoms with van der Waals surface area (Å²) in [6.45, 7) is 3.89. The summed E-state index contributed by atoms with van der Waals surface area (Å²) in [6.07, 6.45) is -0.297. The summed E-state index contributed by atoms with van der Waals surface area (Å²) in [5, 5.41) is 17.5. The van der Waals surface area contributed by atoms with Gasteiger partial charge in [-0.2, -0.15) is 0 Å². The number of nitrogens with zero attached hydrogens (tertiary/aromatic N) is 1. The summed E-state index contributed by atoms with van der Waals surface area (Å²) in [5.41, 5.74) is 0. The Morgan fingerprint density at radius 3 is 2.25 bits per heavy atom. The molecule has 4 nitrogen and oxygen atoms in total. The van der Waals surface area contributed by atoms with Crippen LogP contribution in [0.25, 0.3) is 0 Å². The first-order chi connectivity index (χ1) is 5.49. The van der Waals surface area contributed by atoms with Crippen LogP contribution < -0.4 is 0 Å². The molecular formula is C8H17NO3. The third-order valence-electron chi connectivity index (χ3n) is 1.80. The minimum Gasteiger partial charge on any atom is -0.465 e. The fraction of sp³-hybridized carbons (Fsp3) is 0.875. The number of amides is 1. The zero-order valence-corrected chi connectivity index (χ0v) is 7.82. The Labute approximate surface area is 72.8 Å². The lowest BCUT2D eigenvalue weighted by molar-refractivity contribution is 0.104. The molecule has 0 aliphatic heterocycles. The van der Waals surface area contributed by atoms with E-state index in [1.165, 1.54) is 7.05 Å². The molecule has 0 saturated heterocycles. The Morgan fingerprint density at radius 1 is 1.50 bits per heavy atom. The van der Waals surface area contributed by atoms with Crippen molar-refractivity contribution in [3.8, 4) is 0 Å². The summed E-state index contributed by atoms with van der Waals surface area (Å²) in [4.78, 5) is 11.6. The molecular weight excluding hydrogens is 158 g/mol. The number of rotatable bonds is 4. The first-order valence-electron chi connectivity index (χ1n) is 4.05. The Kier molecular flexibility index (Phi) is 4.66. The molecule has 0 heterocycles. The minimum absolute atomic E-state index is 0.110. The number of hydrogen-bond donors (Lipinski definition) is 2. The molecule has 4 heteroatoms. The average Bonchev–Trinajstić information content (AvgIpc) is 1.98. The van der Waals surface area contributed by atoms with E-state index in [0.717, 1.165) is 4.90 Å². The van der Waals surface area contributed by atoms with Gasteiger partial charge in [0.1, 0.15) is 0 Å². The van der Waals surface area contributed by atoms with Gasteiger partial charge in [0.15, 0.2) is 0 Å². The van der Waals surface area contributed by atoms with Crippen LogP contribution in [0.3, 0.4) is 0 Å². The molecule has 0 radical (unpaired) electrons. The van der Waals surface area contributed by atoms with Crippen molar-refractivity contribution < 1.29 is 15.0 Å². The van der Waals surface area contributed by atoms with Crippen LogP contribution >= 0.6 is 0 Å². The van der Waals surface area contributed by atoms with Gasteiger partial charge in [0.25, 0.3) is 0 Å². The second-order valence-corrected chi connectivity index (χ2v) is 3.36. The molecule has 0 fully saturated rings. The van der Waals surface area contributed by atoms with Gasteiger partial charge >= 0.3 is 6.09 Å². The van der Waals surface area contributed by atoms with Crippen molar-refractivity contribution in [2.75, 3.05) is 13.7 Å². The molecule has 0 aromatic rings. The van der Waals surface area contributed by atoms with Gasteiger partial charge in [0.05, 0.1) is 12.6 Å². The number of hydrogen-bond acceptors (Lipinski definition) is 2. The van der Waals surface area contributed by atoms with Crippen LogP contribution in [0.15, 0.2) is 0 Å². The minimum atomic E-state index is -0.991. The first kappa shape index (κ1) is 11.2. The lowest BCUT2D eigenvalue weighted by Gasteiger charge is -2.25. The highest BCUT2D eigenvalue weighted by molar-refractivity contribution is 5.64. The summed E-state index contributed by atoms with van der Waals surface area (Å²) in [5.74, 6) is 0.393. The molecule has 0 aliphatic carbocycles. The molecule has 1 atom stereocenters. The second-order valence-electron chi connectivity index (χ2n) is 3.36. The number of aliphatic hydroxyl groups excluding tert-OH is 1. The van der Waals surface area contributed by atoms with E-state index in [1.54, 1.807) is 0 Å². The Balaban J connectivity index is 4.05. The predicted molar refractivity (Wildman–Crippen MR) is 46.1 cm³/mol. The zero-order valence-electron chi connectivity index (χ0n) is 7.82. The molecule has 72 valence electrons. The van der Waals surface area contributed by atoms with Crippen molar-refractivity contribution in [2.24, 2.45) is 5.92 Å². The van der Waals surface area contributed by atoms with Crippen molar-refractivity contribution in [2.45, 2.75) is 26.3 Å². The standard InChI is InChI=1S/C8H17NO3/c1-6(2)4-7(5-10)9(3)8(11)12/h6-7,10H,4-5H2,1-3H3,(H,11,12)/t7-/m0/s1. The van der Waals surface area contributed by atoms with Crippen LogP contribution in [0, 0.1) is 5.92 Å². The third kappa shape index (κ3) is 3.57. The highest BCUT2D eigenvalue weighted by Crippen LogP contribution is 2.09. The fourth-order valence-electron chi connectivity index (χ4n) is 1.06. The molecule has 1 amide bonds. The Bertz CT molecular complexity index is 147. The van der Waals surface area contributed by atoms with Crippen molar-refractivity contribution >= 4 is 6.09 Å². The molecule has 0 aliphatic rings. The van der Waals surface area contributed by atoms with Crippen LogP contribution in [0.2, 0.25) is 0 Å². The maximum absolute atomic E-state index is 10.5. The molecule has 0 aromatic heterocycles. The van der Waals surface area contributed by atoms with E-state index in [1.807, 2.05) is 13.8 Å². The SMILES string of the molecule is CC(C)C[C@@H](CO)N(C)C(=O)O. The van der Waals surface area contributed by atoms with E-state index in [-0.39, 0.29) is 12.6 Å². The molecule has 2 N–H and O–H groups in total. The quantitative estimate of drug-likeness (QED) is 0.670. The first-order valence-corrected chi connectivity index (χ1v) is 4.05. The molecule has 0 spiro atoms. The second kappa shape index (κ2) is 4.98. The van der Waals surface area contributed by atoms with E-state index < -0.39 is 6.09 Å². The van der Waals surface area contributed by atoms with Gasteiger partial charge in [0, 0.05) is 7.05 Å². The van der Waals surface area contributed by atoms with Gasteiger partial charge in [-0.15, -0.1) is 0 Å². The highest BCUT2D eigenvalue weighted by atomic mass is 16.4. The van der Waals surface area contributed by atoms with Crippen LogP contribution in [0.4, 0.5) is 4.79 Å². The van der Waals surface area contributed by atoms with Gasteiger partial charge in [-0.1, -0.05) is 13.8 Å². The van der Waals surface area contributed by atoms with Gasteiger partial charge in [-0.3, -0.25) is 0 Å². The summed E-state index contributed by atoms with van der Waals surface area (Å²) < 4.78 is 0. The Morgan fingerprint density at radius 2 is 2.00 bits per heavy atom. The molecule has 0 unspecified atom stereocenters. The largest absolute Gasteiger partial charge is 0.465 e. The smallest absolute Gasteiger partial charge is 0.407 e. The van der Waals surface area contributed by atoms with Crippen molar-refractivity contribution in [3.05, 3.63) is 0 Å². The van der Waals surface area contributed by atoms with E-state index in [2.05, 4.69) is 0 Å². The predicted octanol–water partition coefficient (Wildman–Crippen LogP) is 1.00. The highest BCUT2D eigenvalue weighted by Gasteiger charge is 2.18. The monoisotopic (exact) mass is 175 g/mol. The molecule has 0 rings (SSSR count). The summed E-state index contributed by atoms with van der Waals surface area (Å²) in [6, 6.07) is -0.275. The number of likely N-dealkylation sites (N-methyl/N-ethyl adjacent to an activating group) is 1. The molecule has 0 bridgehead atoms. The van der Waals surface area contributed by atoms with Gasteiger partial charge in [0.2, 0.25) is 0 Å². The summed E-state index contributed by atoms with van der Waals surface area (Å²) in [7, 11) is 1.48. The average molecular weight is 175 g/mol. The third-order valence-corrected chi connectivity index (χ3v) is 1.80. The van der Waals surface area contributed by atoms with Gasteiger partial charge in [-0.05, 0) is 12.3 Å². The van der Waals surface area contributed by atoms with Crippen molar-refractivity contribution in [3.63, 3.8) is 0 Å². The van der Waals surface area contributed by atoms with Crippen molar-refractivity contribution in [1.82, 2.24) is 4.90 Å². The fourth-order valence-corrected chi connectivity index (χ4v) is 1.06. The zero-order chi connectivity index (χ0) is 9.72. The lowest BCUT2D eigenvalue weighted by atomic mass is 10.0. The topological polar surface area (TPSA) is 60.8 Å². The van der Waals surface area contributed by atoms with E-state index in [0.29, 0.717) is 12.3 Å². The van der Waals surface area contributed by atoms with E-state index >= 15 is 0 Å². The number of carbonyl (C=O) groups is 1. The molecule has 0 saturated carbocycles. The molecule has 0 aromatic carbocycles. The van der Waals surface area contributed by atoms with E-state index in [9.17, 15) is 4.79 Å². The maximum atomic E-state index is 10.5. The lowest BCUT2D eigenvalue weighted by Crippen LogP contribution is -2.39. The van der Waals surface area contributed by atoms with Crippen LogP contribution in [-0.4, -0.2) is 40.9 Å². The van der Waals surface area contributed by atoms with Crippen molar-refractivity contribution in [1.29, 1.82) is 0 Å². The van der Waals surface area contributed by atoms with Crippen LogP contribution in [0.5, 0.6) is 0 Å². The van der Waals surface area contributed by atoms with Gasteiger partial charge in [-0.25, -0.2) is 4.79 Å². The maximum Gasteiger partial charge on any atom is 0.407 e. The molecule has 12 heavy (non-hydrogen) atoms. The van der Waals surface area contributed by atoms with E-state index in [4.69, 9.17) is 10.2 Å². The summed E-state index contributed by atoms with van der Waals surface area (Å²) >= 11 is 0.